The molecular weight excluding hydrogens is 742 g/mol. The molecule has 1 aliphatic carbocycles. The quantitative estimate of drug-likeness (QED) is 0.389. The molecule has 1 aromatic carbocycles. The van der Waals surface area contributed by atoms with E-state index in [1.807, 2.05) is 0 Å². The van der Waals surface area contributed by atoms with Crippen LogP contribution < -0.4 is 15.4 Å². The monoisotopic (exact) mass is 789 g/mol. The number of nitrogens with zero attached hydrogens (tertiary/aromatic N) is 2. The van der Waals surface area contributed by atoms with E-state index in [4.69, 9.17) is 9.47 Å². The summed E-state index contributed by atoms with van der Waals surface area (Å²) < 4.78 is 54.3. The molecule has 4 heterocycles. The number of ether oxygens (including phenoxy) is 2. The smallest absolute Gasteiger partial charge is 0.410 e. The topological polar surface area (TPSA) is 181 Å². The fourth-order valence-corrected chi connectivity index (χ4v) is 9.83. The van der Waals surface area contributed by atoms with Crippen molar-refractivity contribution in [3.63, 3.8) is 0 Å². The fraction of sp³-hybridized carbons (Fsp3) is 0.595. The standard InChI is InChI=1S/C37H48FN5O9S2/c1-22-15-30(53-21-22)54(49,50)41-33(46)37-17-24(37)12-8-6-5-7-9-14-28(39-34(47)52-36(2,3)4)32(45)43-19-25(16-29(43)31(44)40-37)51-35(48)42-18-23-11-10-13-27(38)26(23)20-42/h10-11,13,15,21,24-25,28-29H,5-9,12,14,16-20H2,1-4H3,(H,39,47)(H,40,44)(H,41,46)/t24-,25-,28+,29+,37-/m1/s1. The molecule has 54 heavy (non-hydrogen) atoms. The molecule has 3 fully saturated rings. The number of benzene rings is 1. The van der Waals surface area contributed by atoms with Gasteiger partial charge in [-0.25, -0.2) is 27.1 Å². The molecule has 0 bridgehead atoms. The van der Waals surface area contributed by atoms with E-state index in [9.17, 15) is 36.8 Å². The van der Waals surface area contributed by atoms with Crippen LogP contribution >= 0.6 is 11.3 Å². The minimum Gasteiger partial charge on any atom is -0.444 e. The number of hydrogen-bond acceptors (Lipinski definition) is 10. The average Bonchev–Trinajstić information content (AvgIpc) is 3.46. The highest BCUT2D eigenvalue weighted by molar-refractivity contribution is 7.92. The van der Waals surface area contributed by atoms with Gasteiger partial charge in [-0.3, -0.25) is 19.3 Å². The Morgan fingerprint density at radius 2 is 1.78 bits per heavy atom. The fourth-order valence-electron chi connectivity index (χ4n) is 7.56. The molecule has 6 rings (SSSR count). The summed E-state index contributed by atoms with van der Waals surface area (Å²) in [5.74, 6) is -2.95. The van der Waals surface area contributed by atoms with Crippen molar-refractivity contribution in [1.82, 2.24) is 25.2 Å². The van der Waals surface area contributed by atoms with Gasteiger partial charge in [0, 0.05) is 18.5 Å². The first-order valence-electron chi connectivity index (χ1n) is 18.4. The van der Waals surface area contributed by atoms with E-state index in [2.05, 4.69) is 15.4 Å². The number of sulfonamides is 1. The second kappa shape index (κ2) is 15.5. The van der Waals surface area contributed by atoms with Gasteiger partial charge in [-0.2, -0.15) is 0 Å². The minimum atomic E-state index is -4.23. The number of carbonyl (C=O) groups excluding carboxylic acids is 5. The first-order chi connectivity index (χ1) is 25.5. The van der Waals surface area contributed by atoms with Gasteiger partial charge >= 0.3 is 12.2 Å². The van der Waals surface area contributed by atoms with Gasteiger partial charge < -0.3 is 25.0 Å². The molecule has 1 aromatic heterocycles. The van der Waals surface area contributed by atoms with Gasteiger partial charge in [0.2, 0.25) is 11.8 Å². The van der Waals surface area contributed by atoms with Crippen molar-refractivity contribution >= 4 is 51.3 Å². The van der Waals surface area contributed by atoms with Crippen molar-refractivity contribution in [2.45, 2.75) is 132 Å². The number of halogens is 1. The number of carbonyl (C=O) groups is 5. The molecule has 3 aliphatic heterocycles. The summed E-state index contributed by atoms with van der Waals surface area (Å²) in [6, 6.07) is 3.75. The predicted molar refractivity (Wildman–Crippen MR) is 195 cm³/mol. The second-order valence-corrected chi connectivity index (χ2v) is 18.6. The third kappa shape index (κ3) is 8.82. The zero-order valence-electron chi connectivity index (χ0n) is 30.9. The lowest BCUT2D eigenvalue weighted by molar-refractivity contribution is -0.141. The molecule has 2 aromatic rings. The van der Waals surface area contributed by atoms with Crippen molar-refractivity contribution in [2.24, 2.45) is 5.92 Å². The minimum absolute atomic E-state index is 0.00499. The van der Waals surface area contributed by atoms with E-state index in [0.717, 1.165) is 42.6 Å². The van der Waals surface area contributed by atoms with Crippen molar-refractivity contribution in [1.29, 1.82) is 0 Å². The van der Waals surface area contributed by atoms with Crippen LogP contribution in [0.2, 0.25) is 0 Å². The number of amides is 5. The summed E-state index contributed by atoms with van der Waals surface area (Å²) in [6.45, 7) is 6.75. The lowest BCUT2D eigenvalue weighted by Crippen LogP contribution is -2.58. The van der Waals surface area contributed by atoms with Crippen LogP contribution in [0.4, 0.5) is 14.0 Å². The van der Waals surface area contributed by atoms with E-state index < -0.39 is 75.1 Å². The van der Waals surface area contributed by atoms with E-state index in [1.165, 1.54) is 21.9 Å². The van der Waals surface area contributed by atoms with Crippen LogP contribution in [0.25, 0.3) is 0 Å². The Kier molecular flexibility index (Phi) is 11.3. The Labute approximate surface area is 318 Å². The van der Waals surface area contributed by atoms with E-state index in [1.54, 1.807) is 45.2 Å². The number of alkyl carbamates (subject to hydrolysis) is 1. The van der Waals surface area contributed by atoms with Crippen LogP contribution in [-0.4, -0.2) is 84.0 Å². The highest BCUT2D eigenvalue weighted by Crippen LogP contribution is 2.48. The van der Waals surface area contributed by atoms with Crippen LogP contribution in [0.15, 0.2) is 33.9 Å². The summed E-state index contributed by atoms with van der Waals surface area (Å²) >= 11 is 0.978. The molecule has 2 saturated heterocycles. The van der Waals surface area contributed by atoms with Crippen LogP contribution in [0.5, 0.6) is 0 Å². The second-order valence-electron chi connectivity index (χ2n) is 15.8. The van der Waals surface area contributed by atoms with Crippen molar-refractivity contribution in [3.8, 4) is 0 Å². The number of rotatable bonds is 5. The Morgan fingerprint density at radius 1 is 1.06 bits per heavy atom. The van der Waals surface area contributed by atoms with Gasteiger partial charge in [-0.05, 0) is 81.5 Å². The van der Waals surface area contributed by atoms with Gasteiger partial charge in [0.15, 0.2) is 0 Å². The number of aryl methyl sites for hydroxylation is 1. The van der Waals surface area contributed by atoms with Gasteiger partial charge in [-0.15, -0.1) is 11.3 Å². The van der Waals surface area contributed by atoms with Crippen LogP contribution in [0.3, 0.4) is 0 Å². The summed E-state index contributed by atoms with van der Waals surface area (Å²) in [5, 5.41) is 7.17. The summed E-state index contributed by atoms with van der Waals surface area (Å²) in [6.07, 6.45) is 2.13. The maximum atomic E-state index is 14.4. The molecular formula is C37H48FN5O9S2. The third-order valence-corrected chi connectivity index (χ3v) is 13.3. The normalized spacial score (nSPS) is 26.3. The Morgan fingerprint density at radius 3 is 2.46 bits per heavy atom. The van der Waals surface area contributed by atoms with Crippen molar-refractivity contribution < 1.29 is 46.3 Å². The Balaban J connectivity index is 1.26. The van der Waals surface area contributed by atoms with E-state index >= 15 is 0 Å². The maximum absolute atomic E-state index is 14.4. The Hall–Kier alpha value is -4.25. The highest BCUT2D eigenvalue weighted by atomic mass is 32.2. The average molecular weight is 790 g/mol. The molecule has 0 unspecified atom stereocenters. The lowest BCUT2D eigenvalue weighted by Gasteiger charge is -2.30. The molecule has 14 nitrogen and oxygen atoms in total. The number of nitrogens with one attached hydrogen (secondary N) is 3. The van der Waals surface area contributed by atoms with E-state index in [-0.39, 0.29) is 49.0 Å². The van der Waals surface area contributed by atoms with Crippen molar-refractivity contribution in [2.75, 3.05) is 6.54 Å². The van der Waals surface area contributed by atoms with Crippen molar-refractivity contribution in [3.05, 3.63) is 52.2 Å². The van der Waals surface area contributed by atoms with E-state index in [0.29, 0.717) is 24.0 Å². The summed E-state index contributed by atoms with van der Waals surface area (Å²) in [4.78, 5) is 71.5. The Bertz CT molecular complexity index is 1910. The summed E-state index contributed by atoms with van der Waals surface area (Å²) in [5.41, 5.74) is -0.626. The largest absolute Gasteiger partial charge is 0.444 e. The van der Waals surface area contributed by atoms with Crippen LogP contribution in [-0.2, 0) is 47.0 Å². The third-order valence-electron chi connectivity index (χ3n) is 10.4. The van der Waals surface area contributed by atoms with Gasteiger partial charge in [-0.1, -0.05) is 44.2 Å². The lowest BCUT2D eigenvalue weighted by atomic mass is 10.0. The first-order valence-corrected chi connectivity index (χ1v) is 20.8. The molecule has 294 valence electrons. The van der Waals surface area contributed by atoms with Gasteiger partial charge in [0.25, 0.3) is 15.9 Å². The number of thiophene rings is 1. The molecule has 5 amide bonds. The highest BCUT2D eigenvalue weighted by Gasteiger charge is 2.62. The molecule has 0 spiro atoms. The molecule has 0 radical (unpaired) electrons. The number of fused-ring (bicyclic) bond motifs is 3. The molecule has 1 saturated carbocycles. The maximum Gasteiger partial charge on any atom is 0.410 e. The molecule has 5 atom stereocenters. The summed E-state index contributed by atoms with van der Waals surface area (Å²) in [7, 11) is -4.23. The molecule has 3 N–H and O–H groups in total. The predicted octanol–water partition coefficient (Wildman–Crippen LogP) is 4.63. The zero-order valence-corrected chi connectivity index (χ0v) is 32.6. The first kappa shape index (κ1) is 39.4. The van der Waals surface area contributed by atoms with Gasteiger partial charge in [0.05, 0.1) is 13.1 Å². The SMILES string of the molecule is Cc1csc(S(=O)(=O)NC(=O)[C@@]23C[C@H]2CCCCCCC[C@H](NC(=O)OC(C)(C)C)C(=O)N2C[C@H](OC(=O)N4Cc5cccc(F)c5C4)C[C@H]2C(=O)N3)c1. The molecule has 17 heteroatoms. The zero-order chi connectivity index (χ0) is 39.0. The molecule has 4 aliphatic rings. The van der Waals surface area contributed by atoms with Gasteiger partial charge in [0.1, 0.15) is 39.4 Å². The van der Waals surface area contributed by atoms with Crippen LogP contribution in [0, 0.1) is 18.7 Å². The number of hydrogen-bond donors (Lipinski definition) is 3. The van der Waals surface area contributed by atoms with Crippen LogP contribution in [0.1, 0.15) is 95.2 Å².